The number of hydrogen-bond donors (Lipinski definition) is 1. The summed E-state index contributed by atoms with van der Waals surface area (Å²) in [6.45, 7) is 10.8. The fourth-order valence-electron chi connectivity index (χ4n) is 3.26. The van der Waals surface area contributed by atoms with E-state index in [1.807, 2.05) is 0 Å². The Bertz CT molecular complexity index is 701. The predicted molar refractivity (Wildman–Crippen MR) is 92.6 cm³/mol. The summed E-state index contributed by atoms with van der Waals surface area (Å²) in [5, 5.41) is 0. The molecular weight excluding hydrogens is 270 g/mol. The Labute approximate surface area is 133 Å². The Morgan fingerprint density at radius 1 is 1.05 bits per heavy atom. The number of benzene rings is 2. The van der Waals surface area contributed by atoms with Crippen molar-refractivity contribution in [1.82, 2.24) is 0 Å². The molecule has 2 N–H and O–H groups in total. The van der Waals surface area contributed by atoms with Gasteiger partial charge < -0.3 is 10.5 Å². The van der Waals surface area contributed by atoms with Crippen LogP contribution in [0.4, 0.5) is 5.69 Å². The zero-order valence-corrected chi connectivity index (χ0v) is 14.1. The minimum atomic E-state index is 0.0797. The van der Waals surface area contributed by atoms with Gasteiger partial charge in [-0.15, -0.1) is 0 Å². The van der Waals surface area contributed by atoms with E-state index in [1.165, 1.54) is 22.3 Å². The quantitative estimate of drug-likeness (QED) is 0.768. The first-order valence-corrected chi connectivity index (χ1v) is 8.06. The van der Waals surface area contributed by atoms with E-state index in [2.05, 4.69) is 65.0 Å². The van der Waals surface area contributed by atoms with Crippen LogP contribution in [-0.2, 0) is 0 Å². The lowest BCUT2D eigenvalue weighted by atomic mass is 9.90. The largest absolute Gasteiger partial charge is 0.485 e. The summed E-state index contributed by atoms with van der Waals surface area (Å²) >= 11 is 0. The molecule has 0 aromatic heterocycles. The third kappa shape index (κ3) is 2.27. The zero-order valence-electron chi connectivity index (χ0n) is 14.1. The van der Waals surface area contributed by atoms with Crippen molar-refractivity contribution < 1.29 is 4.74 Å². The molecule has 2 heteroatoms. The summed E-state index contributed by atoms with van der Waals surface area (Å²) in [4.78, 5) is 0. The van der Waals surface area contributed by atoms with Crippen LogP contribution >= 0.6 is 0 Å². The highest BCUT2D eigenvalue weighted by molar-refractivity contribution is 5.62. The number of fused-ring (bicyclic) bond motifs is 1. The van der Waals surface area contributed by atoms with E-state index in [1.54, 1.807) is 0 Å². The van der Waals surface area contributed by atoms with Crippen LogP contribution in [0.5, 0.6) is 5.75 Å². The molecule has 116 valence electrons. The van der Waals surface area contributed by atoms with E-state index in [4.69, 9.17) is 10.5 Å². The van der Waals surface area contributed by atoms with Gasteiger partial charge in [-0.1, -0.05) is 45.0 Å². The first kappa shape index (κ1) is 15.0. The van der Waals surface area contributed by atoms with Crippen molar-refractivity contribution in [1.29, 1.82) is 0 Å². The van der Waals surface area contributed by atoms with Gasteiger partial charge in [0.15, 0.2) is 0 Å². The van der Waals surface area contributed by atoms with Crippen molar-refractivity contribution in [2.24, 2.45) is 0 Å². The van der Waals surface area contributed by atoms with Gasteiger partial charge in [0.25, 0.3) is 0 Å². The van der Waals surface area contributed by atoms with Crippen LogP contribution in [0.15, 0.2) is 30.3 Å². The zero-order chi connectivity index (χ0) is 16.0. The molecule has 0 bridgehead atoms. The summed E-state index contributed by atoms with van der Waals surface area (Å²) < 4.78 is 6.32. The second-order valence-corrected chi connectivity index (χ2v) is 6.78. The summed E-state index contributed by atoms with van der Waals surface area (Å²) in [6, 6.07) is 10.9. The van der Waals surface area contributed by atoms with Gasteiger partial charge in [-0.3, -0.25) is 0 Å². The third-order valence-electron chi connectivity index (χ3n) is 5.03. The van der Waals surface area contributed by atoms with Crippen molar-refractivity contribution >= 4 is 5.69 Å². The van der Waals surface area contributed by atoms with Crippen LogP contribution in [0.1, 0.15) is 66.5 Å². The lowest BCUT2D eigenvalue weighted by Crippen LogP contribution is -2.07. The molecule has 2 aromatic carbocycles. The molecule has 2 nitrogen and oxygen atoms in total. The molecule has 0 radical (unpaired) electrons. The van der Waals surface area contributed by atoms with Gasteiger partial charge >= 0.3 is 0 Å². The number of ether oxygens (including phenoxy) is 1. The Hall–Kier alpha value is -1.96. The number of anilines is 1. The number of nitrogens with two attached hydrogens (primary N) is 1. The molecule has 2 aromatic rings. The lowest BCUT2D eigenvalue weighted by molar-refractivity contribution is 0.215. The molecule has 2 unspecified atom stereocenters. The Balaban J connectivity index is 1.97. The fraction of sp³-hybridized carbons (Fsp3) is 0.400. The van der Waals surface area contributed by atoms with Crippen molar-refractivity contribution in [3.8, 4) is 5.75 Å². The molecule has 2 atom stereocenters. The molecule has 0 spiro atoms. The van der Waals surface area contributed by atoms with E-state index in [-0.39, 0.29) is 6.10 Å². The maximum Gasteiger partial charge on any atom is 0.130 e. The summed E-state index contributed by atoms with van der Waals surface area (Å²) in [6.07, 6.45) is 0.0797. The standard InChI is InChI=1S/C20H25NO/c1-11(2)15-6-8-16(9-7-15)19-14(5)17-10-18(21)12(3)13(4)20(17)22-19/h6-11,14,19H,21H2,1-5H3. The molecule has 1 aliphatic rings. The molecule has 0 aliphatic carbocycles. The number of nitrogen functional groups attached to an aromatic ring is 1. The van der Waals surface area contributed by atoms with Gasteiger partial charge in [0.2, 0.25) is 0 Å². The average molecular weight is 295 g/mol. The summed E-state index contributed by atoms with van der Waals surface area (Å²) in [5.74, 6) is 1.90. The Morgan fingerprint density at radius 2 is 1.68 bits per heavy atom. The van der Waals surface area contributed by atoms with Gasteiger partial charge in [0.05, 0.1) is 0 Å². The van der Waals surface area contributed by atoms with Gasteiger partial charge in [-0.05, 0) is 48.1 Å². The first-order valence-electron chi connectivity index (χ1n) is 8.06. The van der Waals surface area contributed by atoms with Crippen molar-refractivity contribution in [2.75, 3.05) is 5.73 Å². The van der Waals surface area contributed by atoms with E-state index < -0.39 is 0 Å². The van der Waals surface area contributed by atoms with Gasteiger partial charge in [0.1, 0.15) is 11.9 Å². The van der Waals surface area contributed by atoms with E-state index in [0.29, 0.717) is 11.8 Å². The van der Waals surface area contributed by atoms with Crippen LogP contribution < -0.4 is 10.5 Å². The van der Waals surface area contributed by atoms with Crippen molar-refractivity contribution in [3.05, 3.63) is 58.1 Å². The Kier molecular flexibility index (Phi) is 3.64. The van der Waals surface area contributed by atoms with E-state index in [0.717, 1.165) is 17.0 Å². The molecule has 0 saturated carbocycles. The summed E-state index contributed by atoms with van der Waals surface area (Å²) in [5.41, 5.74) is 13.1. The minimum absolute atomic E-state index is 0.0797. The molecular formula is C20H25NO. The molecule has 22 heavy (non-hydrogen) atoms. The second kappa shape index (κ2) is 5.35. The maximum absolute atomic E-state index is 6.32. The molecule has 0 fully saturated rings. The smallest absolute Gasteiger partial charge is 0.130 e. The van der Waals surface area contributed by atoms with Crippen LogP contribution in [0.2, 0.25) is 0 Å². The second-order valence-electron chi connectivity index (χ2n) is 6.78. The Morgan fingerprint density at radius 3 is 2.27 bits per heavy atom. The van der Waals surface area contributed by atoms with Crippen LogP contribution in [0, 0.1) is 13.8 Å². The fourth-order valence-corrected chi connectivity index (χ4v) is 3.26. The normalized spacial score (nSPS) is 20.1. The maximum atomic E-state index is 6.32. The van der Waals surface area contributed by atoms with Crippen LogP contribution in [-0.4, -0.2) is 0 Å². The highest BCUT2D eigenvalue weighted by atomic mass is 16.5. The number of hydrogen-bond acceptors (Lipinski definition) is 2. The summed E-state index contributed by atoms with van der Waals surface area (Å²) in [7, 11) is 0. The minimum Gasteiger partial charge on any atom is -0.485 e. The van der Waals surface area contributed by atoms with Crippen LogP contribution in [0.25, 0.3) is 0 Å². The monoisotopic (exact) mass is 295 g/mol. The van der Waals surface area contributed by atoms with Crippen molar-refractivity contribution in [2.45, 2.75) is 52.6 Å². The highest BCUT2D eigenvalue weighted by Crippen LogP contribution is 2.49. The topological polar surface area (TPSA) is 35.2 Å². The van der Waals surface area contributed by atoms with Gasteiger partial charge in [-0.2, -0.15) is 0 Å². The lowest BCUT2D eigenvalue weighted by Gasteiger charge is -2.17. The van der Waals surface area contributed by atoms with Crippen molar-refractivity contribution in [3.63, 3.8) is 0 Å². The molecule has 1 heterocycles. The van der Waals surface area contributed by atoms with Gasteiger partial charge in [0, 0.05) is 17.2 Å². The molecule has 1 aliphatic heterocycles. The highest BCUT2D eigenvalue weighted by Gasteiger charge is 2.34. The van der Waals surface area contributed by atoms with Crippen LogP contribution in [0.3, 0.4) is 0 Å². The molecule has 3 rings (SSSR count). The number of rotatable bonds is 2. The average Bonchev–Trinajstić information content (AvgIpc) is 2.82. The molecule has 0 amide bonds. The first-order chi connectivity index (χ1) is 10.4. The SMILES string of the molecule is Cc1c(N)cc2c(c1C)OC(c1ccc(C(C)C)cc1)C2C. The molecule has 0 saturated heterocycles. The predicted octanol–water partition coefficient (Wildman–Crippen LogP) is 5.25. The van der Waals surface area contributed by atoms with E-state index >= 15 is 0 Å². The third-order valence-corrected chi connectivity index (χ3v) is 5.03. The van der Waals surface area contributed by atoms with Gasteiger partial charge in [-0.25, -0.2) is 0 Å². The van der Waals surface area contributed by atoms with E-state index in [9.17, 15) is 0 Å².